The Kier molecular flexibility index (Phi) is 2.52. The van der Waals surface area contributed by atoms with Crippen LogP contribution < -0.4 is 5.73 Å². The van der Waals surface area contributed by atoms with Crippen LogP contribution in [0.3, 0.4) is 0 Å². The van der Waals surface area contributed by atoms with Crippen LogP contribution in [0.2, 0.25) is 0 Å². The molecule has 0 radical (unpaired) electrons. The van der Waals surface area contributed by atoms with Crippen LogP contribution in [0.1, 0.15) is 0 Å². The molecule has 1 nitrogen and oxygen atoms in total. The highest BCUT2D eigenvalue weighted by Gasteiger charge is 2.03. The highest BCUT2D eigenvalue weighted by Crippen LogP contribution is 1.79. The Hall–Kier alpha value is 0.240. The molecule has 0 bridgehead atoms. The van der Waals surface area contributed by atoms with Crippen LogP contribution in [-0.2, 0) is 10.9 Å². The molecule has 0 aromatic heterocycles. The normalized spacial score (nSPS) is 9.17. The van der Waals surface area contributed by atoms with Crippen molar-refractivity contribution in [3.8, 4) is 0 Å². The van der Waals surface area contributed by atoms with Crippen LogP contribution in [0.5, 0.6) is 0 Å². The summed E-state index contributed by atoms with van der Waals surface area (Å²) in [6.07, 6.45) is 4.00. The Morgan fingerprint density at radius 1 is 1.67 bits per heavy atom. The summed E-state index contributed by atoms with van der Waals surface area (Å²) in [4.78, 5) is 0. The predicted octanol–water partition coefficient (Wildman–Crippen LogP) is 0.108. The van der Waals surface area contributed by atoms with E-state index in [0.717, 1.165) is 0 Å². The minimum Gasteiger partial charge on any atom is -0.350 e. The summed E-state index contributed by atoms with van der Waals surface area (Å²) in [5.41, 5.74) is 5.18. The molecule has 0 aliphatic carbocycles. The van der Waals surface area contributed by atoms with Crippen molar-refractivity contribution in [3.63, 3.8) is 0 Å². The van der Waals surface area contributed by atoms with Gasteiger partial charge in [0.05, 0.1) is 0 Å². The largest absolute Gasteiger partial charge is 0.350 e. The summed E-state index contributed by atoms with van der Waals surface area (Å²) in [5.74, 6) is 0. The highest BCUT2D eigenvalue weighted by atomic mass is 32.2. The summed E-state index contributed by atoms with van der Waals surface area (Å²) in [6.45, 7) is 0. The van der Waals surface area contributed by atoms with Crippen molar-refractivity contribution in [1.29, 1.82) is 0 Å². The second-order valence-electron chi connectivity index (χ2n) is 1.14. The van der Waals surface area contributed by atoms with Gasteiger partial charge in [0.25, 0.3) is 4.32 Å². The third-order valence-electron chi connectivity index (χ3n) is 0.402. The molecule has 3 heteroatoms. The Bertz CT molecular complexity index is 59.8. The van der Waals surface area contributed by atoms with Gasteiger partial charge in [-0.15, -0.1) is 0 Å². The van der Waals surface area contributed by atoms with Gasteiger partial charge < -0.3 is 5.73 Å². The summed E-state index contributed by atoms with van der Waals surface area (Å²) in [6, 6.07) is 0. The lowest BCUT2D eigenvalue weighted by Gasteiger charge is -1.83. The van der Waals surface area contributed by atoms with Crippen molar-refractivity contribution in [1.82, 2.24) is 0 Å². The van der Waals surface area contributed by atoms with Crippen molar-refractivity contribution in [2.45, 2.75) is 0 Å². The number of nitrogens with two attached hydrogens (primary N) is 1. The van der Waals surface area contributed by atoms with E-state index in [1.54, 1.807) is 0 Å². The number of thiocarbonyl (C=S) groups is 1. The summed E-state index contributed by atoms with van der Waals surface area (Å²) in [7, 11) is 0.142. The first kappa shape index (κ1) is 6.24. The lowest BCUT2D eigenvalue weighted by molar-refractivity contribution is 1.89. The minimum absolute atomic E-state index is 0.142. The van der Waals surface area contributed by atoms with E-state index in [1.807, 2.05) is 12.5 Å². The van der Waals surface area contributed by atoms with Gasteiger partial charge in [0.2, 0.25) is 0 Å². The van der Waals surface area contributed by atoms with Crippen molar-refractivity contribution in [3.05, 3.63) is 0 Å². The lowest BCUT2D eigenvalue weighted by atomic mass is 11.5. The summed E-state index contributed by atoms with van der Waals surface area (Å²) < 4.78 is 0.620. The molecule has 0 aliphatic heterocycles. The van der Waals surface area contributed by atoms with Crippen molar-refractivity contribution >= 4 is 27.4 Å². The van der Waals surface area contributed by atoms with E-state index in [0.29, 0.717) is 4.32 Å². The van der Waals surface area contributed by atoms with Gasteiger partial charge in [0.15, 0.2) is 0 Å². The van der Waals surface area contributed by atoms with Crippen LogP contribution in [0.4, 0.5) is 0 Å². The van der Waals surface area contributed by atoms with Crippen molar-refractivity contribution in [2.75, 3.05) is 12.5 Å². The zero-order valence-corrected chi connectivity index (χ0v) is 5.53. The molecule has 0 unspecified atom stereocenters. The molecule has 0 aliphatic rings. The quantitative estimate of drug-likeness (QED) is 0.364. The average Bonchev–Trinajstić information content (AvgIpc) is 1.36. The van der Waals surface area contributed by atoms with Crippen LogP contribution in [0.25, 0.3) is 0 Å². The number of hydrogen-bond acceptors (Lipinski definition) is 1. The standard InChI is InChI=1S/C3H7NS2/c1-6(2)3(4)5/h1-2H3,(H-,4,5)/p+1. The molecule has 0 aromatic rings. The topological polar surface area (TPSA) is 26.0 Å². The molecular weight excluding hydrogens is 114 g/mol. The fourth-order valence-corrected chi connectivity index (χ4v) is 0. The molecule has 6 heavy (non-hydrogen) atoms. The first-order chi connectivity index (χ1) is 2.64. The molecule has 0 heterocycles. The maximum Gasteiger partial charge on any atom is 0.284 e. The average molecular weight is 122 g/mol. The van der Waals surface area contributed by atoms with Gasteiger partial charge in [-0.1, -0.05) is 0 Å². The highest BCUT2D eigenvalue weighted by molar-refractivity contribution is 8.19. The summed E-state index contributed by atoms with van der Waals surface area (Å²) >= 11 is 4.61. The van der Waals surface area contributed by atoms with Crippen LogP contribution in [0.15, 0.2) is 0 Å². The van der Waals surface area contributed by atoms with Crippen LogP contribution >= 0.6 is 12.2 Å². The molecule has 0 spiro atoms. The minimum atomic E-state index is 0.142. The van der Waals surface area contributed by atoms with Crippen LogP contribution in [-0.4, -0.2) is 16.8 Å². The predicted molar refractivity (Wildman–Crippen MR) is 36.0 cm³/mol. The molecule has 2 N–H and O–H groups in total. The molecule has 0 aromatic carbocycles. The van der Waals surface area contributed by atoms with Gasteiger partial charge in [-0.2, -0.15) is 0 Å². The molecule has 36 valence electrons. The maximum absolute atomic E-state index is 5.18. The first-order valence-electron chi connectivity index (χ1n) is 1.51. The third-order valence-corrected chi connectivity index (χ3v) is 2.21. The van der Waals surface area contributed by atoms with Gasteiger partial charge in [0.1, 0.15) is 12.5 Å². The van der Waals surface area contributed by atoms with E-state index in [9.17, 15) is 0 Å². The Balaban J connectivity index is 3.26. The van der Waals surface area contributed by atoms with E-state index >= 15 is 0 Å². The van der Waals surface area contributed by atoms with Gasteiger partial charge in [0, 0.05) is 10.9 Å². The van der Waals surface area contributed by atoms with E-state index in [4.69, 9.17) is 5.73 Å². The molecule has 0 rings (SSSR count). The Labute approximate surface area is 46.3 Å². The maximum atomic E-state index is 5.18. The molecule has 0 saturated heterocycles. The smallest absolute Gasteiger partial charge is 0.284 e. The Morgan fingerprint density at radius 3 is 1.83 bits per heavy atom. The van der Waals surface area contributed by atoms with Gasteiger partial charge in [-0.05, 0) is 12.2 Å². The van der Waals surface area contributed by atoms with Gasteiger partial charge in [-0.25, -0.2) is 0 Å². The Morgan fingerprint density at radius 2 is 1.83 bits per heavy atom. The summed E-state index contributed by atoms with van der Waals surface area (Å²) in [5, 5.41) is 0. The molecular formula is C3H8NS2+. The molecule has 0 fully saturated rings. The van der Waals surface area contributed by atoms with Crippen molar-refractivity contribution < 1.29 is 0 Å². The lowest BCUT2D eigenvalue weighted by Crippen LogP contribution is -2.18. The SMILES string of the molecule is C[S+](C)C(N)=S. The zero-order valence-electron chi connectivity index (χ0n) is 3.89. The number of hydrogen-bond donors (Lipinski definition) is 1. The van der Waals surface area contributed by atoms with E-state index in [-0.39, 0.29) is 10.9 Å². The first-order valence-corrected chi connectivity index (χ1v) is 3.96. The fourth-order valence-electron chi connectivity index (χ4n) is 0. The van der Waals surface area contributed by atoms with E-state index < -0.39 is 0 Å². The van der Waals surface area contributed by atoms with Gasteiger partial charge in [-0.3, -0.25) is 0 Å². The molecule has 0 amide bonds. The fraction of sp³-hybridized carbons (Fsp3) is 0.667. The third kappa shape index (κ3) is 2.48. The van der Waals surface area contributed by atoms with E-state index in [1.165, 1.54) is 0 Å². The van der Waals surface area contributed by atoms with Gasteiger partial charge >= 0.3 is 0 Å². The zero-order chi connectivity index (χ0) is 5.15. The monoisotopic (exact) mass is 122 g/mol. The number of rotatable bonds is 0. The van der Waals surface area contributed by atoms with Crippen LogP contribution in [0, 0.1) is 0 Å². The molecule has 0 saturated carbocycles. The second kappa shape index (κ2) is 2.42. The molecule has 0 atom stereocenters. The van der Waals surface area contributed by atoms with E-state index in [2.05, 4.69) is 12.2 Å². The van der Waals surface area contributed by atoms with Crippen molar-refractivity contribution in [2.24, 2.45) is 5.73 Å². The second-order valence-corrected chi connectivity index (χ2v) is 3.91.